The van der Waals surface area contributed by atoms with E-state index in [4.69, 9.17) is 16.3 Å². The largest absolute Gasteiger partial charge is 0.444 e. The molecule has 9 heteroatoms. The number of hydrogen-bond donors (Lipinski definition) is 0. The molecule has 1 saturated heterocycles. The highest BCUT2D eigenvalue weighted by molar-refractivity contribution is 7.89. The number of nitrogens with zero attached hydrogens (tertiary/aromatic N) is 3. The summed E-state index contributed by atoms with van der Waals surface area (Å²) in [6.07, 6.45) is 1.97. The van der Waals surface area contributed by atoms with Crippen LogP contribution in [0.3, 0.4) is 0 Å². The van der Waals surface area contributed by atoms with E-state index in [-0.39, 0.29) is 16.1 Å². The third-order valence-electron chi connectivity index (χ3n) is 3.99. The van der Waals surface area contributed by atoms with Crippen LogP contribution in [0.15, 0.2) is 23.2 Å². The van der Waals surface area contributed by atoms with Gasteiger partial charge in [0.05, 0.1) is 0 Å². The van der Waals surface area contributed by atoms with Gasteiger partial charge < -0.3 is 9.64 Å². The molecule has 7 nitrogen and oxygen atoms in total. The maximum absolute atomic E-state index is 12.6. The first-order valence-corrected chi connectivity index (χ1v) is 9.90. The third kappa shape index (κ3) is 5.05. The molecule has 1 fully saturated rings. The molecule has 0 radical (unpaired) electrons. The number of carbonyl (C=O) groups excluding carboxylic acids is 1. The normalized spacial score (nSPS) is 17.3. The summed E-state index contributed by atoms with van der Waals surface area (Å²) < 4.78 is 32.0. The van der Waals surface area contributed by atoms with Crippen molar-refractivity contribution in [2.75, 3.05) is 20.1 Å². The van der Waals surface area contributed by atoms with Crippen LogP contribution in [0.25, 0.3) is 0 Å². The molecule has 2 heterocycles. The molecule has 1 aromatic heterocycles. The maximum atomic E-state index is 12.6. The Balaban J connectivity index is 1.99. The third-order valence-corrected chi connectivity index (χ3v) is 6.10. The van der Waals surface area contributed by atoms with Crippen molar-refractivity contribution in [3.8, 4) is 0 Å². The summed E-state index contributed by atoms with van der Waals surface area (Å²) in [6, 6.07) is 2.85. The molecule has 2 rings (SSSR count). The molecule has 1 aromatic rings. The molecular weight excluding hydrogens is 366 g/mol. The SMILES string of the molecule is CN(C(=O)OC(C)(C)C)C1CCN(S(=O)(=O)c2ccc(Cl)nc2)CC1. The number of hydrogen-bond acceptors (Lipinski definition) is 5. The topological polar surface area (TPSA) is 79.8 Å². The Morgan fingerprint density at radius 1 is 1.32 bits per heavy atom. The highest BCUT2D eigenvalue weighted by atomic mass is 35.5. The number of sulfonamides is 1. The first-order valence-electron chi connectivity index (χ1n) is 8.08. The monoisotopic (exact) mass is 389 g/mol. The van der Waals surface area contributed by atoms with Gasteiger partial charge in [0.25, 0.3) is 0 Å². The average molecular weight is 390 g/mol. The Kier molecular flexibility index (Phi) is 5.96. The molecule has 25 heavy (non-hydrogen) atoms. The molecular formula is C16H24ClN3O4S. The van der Waals surface area contributed by atoms with Gasteiger partial charge >= 0.3 is 6.09 Å². The van der Waals surface area contributed by atoms with Crippen LogP contribution >= 0.6 is 11.6 Å². The molecule has 1 amide bonds. The Morgan fingerprint density at radius 2 is 1.92 bits per heavy atom. The summed E-state index contributed by atoms with van der Waals surface area (Å²) in [5.74, 6) is 0. The highest BCUT2D eigenvalue weighted by Crippen LogP contribution is 2.24. The van der Waals surface area contributed by atoms with E-state index in [1.165, 1.54) is 22.6 Å². The first kappa shape index (κ1) is 19.9. The lowest BCUT2D eigenvalue weighted by Crippen LogP contribution is -2.48. The van der Waals surface area contributed by atoms with Crippen LogP contribution in [-0.4, -0.2) is 60.5 Å². The van der Waals surface area contributed by atoms with Crippen molar-refractivity contribution in [3.05, 3.63) is 23.5 Å². The molecule has 0 aromatic carbocycles. The molecule has 0 N–H and O–H groups in total. The minimum atomic E-state index is -3.60. The Labute approximate surface area is 154 Å². The molecule has 140 valence electrons. The number of carbonyl (C=O) groups is 1. The second-order valence-electron chi connectivity index (χ2n) is 7.04. The van der Waals surface area contributed by atoms with Crippen molar-refractivity contribution in [1.82, 2.24) is 14.2 Å². The van der Waals surface area contributed by atoms with E-state index in [0.29, 0.717) is 25.9 Å². The summed E-state index contributed by atoms with van der Waals surface area (Å²) in [4.78, 5) is 17.6. The fraction of sp³-hybridized carbons (Fsp3) is 0.625. The van der Waals surface area contributed by atoms with E-state index in [1.807, 2.05) is 20.8 Å². The summed E-state index contributed by atoms with van der Waals surface area (Å²) in [7, 11) is -1.91. The lowest BCUT2D eigenvalue weighted by atomic mass is 10.1. The van der Waals surface area contributed by atoms with Gasteiger partial charge in [0.2, 0.25) is 10.0 Å². The van der Waals surface area contributed by atoms with Crippen molar-refractivity contribution in [1.29, 1.82) is 0 Å². The number of rotatable bonds is 3. The zero-order chi connectivity index (χ0) is 18.8. The molecule has 0 saturated carbocycles. The smallest absolute Gasteiger partial charge is 0.410 e. The van der Waals surface area contributed by atoms with Gasteiger partial charge in [-0.25, -0.2) is 18.2 Å². The van der Waals surface area contributed by atoms with Gasteiger partial charge in [-0.1, -0.05) is 11.6 Å². The Bertz CT molecular complexity index is 708. The number of halogens is 1. The summed E-state index contributed by atoms with van der Waals surface area (Å²) in [5.41, 5.74) is -0.559. The molecule has 0 bridgehead atoms. The van der Waals surface area contributed by atoms with Crippen LogP contribution in [0.4, 0.5) is 4.79 Å². The molecule has 1 aliphatic heterocycles. The fourth-order valence-corrected chi connectivity index (χ4v) is 4.14. The fourth-order valence-electron chi connectivity index (χ4n) is 2.62. The number of amides is 1. The summed E-state index contributed by atoms with van der Waals surface area (Å²) in [6.45, 7) is 6.11. The van der Waals surface area contributed by atoms with Crippen molar-refractivity contribution in [3.63, 3.8) is 0 Å². The van der Waals surface area contributed by atoms with Crippen molar-refractivity contribution < 1.29 is 17.9 Å². The van der Waals surface area contributed by atoms with E-state index in [2.05, 4.69) is 4.98 Å². The van der Waals surface area contributed by atoms with Gasteiger partial charge in [-0.05, 0) is 45.7 Å². The van der Waals surface area contributed by atoms with E-state index in [0.717, 1.165) is 0 Å². The molecule has 0 aliphatic carbocycles. The quantitative estimate of drug-likeness (QED) is 0.742. The van der Waals surface area contributed by atoms with Crippen LogP contribution in [-0.2, 0) is 14.8 Å². The lowest BCUT2D eigenvalue weighted by molar-refractivity contribution is 0.0178. The van der Waals surface area contributed by atoms with Crippen LogP contribution in [0.5, 0.6) is 0 Å². The van der Waals surface area contributed by atoms with Gasteiger partial charge in [-0.3, -0.25) is 0 Å². The van der Waals surface area contributed by atoms with Crippen LogP contribution in [0.1, 0.15) is 33.6 Å². The van der Waals surface area contributed by atoms with Gasteiger partial charge in [0, 0.05) is 32.4 Å². The Morgan fingerprint density at radius 3 is 2.40 bits per heavy atom. The average Bonchev–Trinajstić information content (AvgIpc) is 2.53. The number of piperidine rings is 1. The van der Waals surface area contributed by atoms with Crippen molar-refractivity contribution in [2.45, 2.75) is 50.2 Å². The lowest BCUT2D eigenvalue weighted by Gasteiger charge is -2.36. The number of ether oxygens (including phenoxy) is 1. The van der Waals surface area contributed by atoms with Crippen molar-refractivity contribution >= 4 is 27.7 Å². The van der Waals surface area contributed by atoms with Crippen LogP contribution in [0.2, 0.25) is 5.15 Å². The van der Waals surface area contributed by atoms with Gasteiger partial charge in [-0.2, -0.15) is 4.31 Å². The minimum Gasteiger partial charge on any atom is -0.444 e. The predicted octanol–water partition coefficient (Wildman–Crippen LogP) is 2.76. The summed E-state index contributed by atoms with van der Waals surface area (Å²) >= 11 is 5.71. The maximum Gasteiger partial charge on any atom is 0.410 e. The van der Waals surface area contributed by atoms with Gasteiger partial charge in [-0.15, -0.1) is 0 Å². The predicted molar refractivity (Wildman–Crippen MR) is 95.0 cm³/mol. The van der Waals surface area contributed by atoms with E-state index in [9.17, 15) is 13.2 Å². The van der Waals surface area contributed by atoms with Gasteiger partial charge in [0.15, 0.2) is 0 Å². The Hall–Kier alpha value is -1.38. The minimum absolute atomic E-state index is 0.0513. The van der Waals surface area contributed by atoms with Crippen LogP contribution < -0.4 is 0 Å². The van der Waals surface area contributed by atoms with Crippen LogP contribution in [0, 0.1) is 0 Å². The second-order valence-corrected chi connectivity index (χ2v) is 9.37. The standard InChI is InChI=1S/C16H24ClN3O4S/c1-16(2,3)24-15(21)19(4)12-7-9-20(10-8-12)25(22,23)13-5-6-14(17)18-11-13/h5-6,11-12H,7-10H2,1-4H3. The second kappa shape index (κ2) is 7.47. The zero-order valence-corrected chi connectivity index (χ0v) is 16.5. The van der Waals surface area contributed by atoms with Gasteiger partial charge in [0.1, 0.15) is 15.6 Å². The summed E-state index contributed by atoms with van der Waals surface area (Å²) in [5, 5.41) is 0.247. The molecule has 0 atom stereocenters. The zero-order valence-electron chi connectivity index (χ0n) is 14.9. The first-order chi connectivity index (χ1) is 11.5. The van der Waals surface area contributed by atoms with E-state index >= 15 is 0 Å². The van der Waals surface area contributed by atoms with E-state index in [1.54, 1.807) is 11.9 Å². The molecule has 0 unspecified atom stereocenters. The number of aromatic nitrogens is 1. The highest BCUT2D eigenvalue weighted by Gasteiger charge is 2.33. The van der Waals surface area contributed by atoms with E-state index < -0.39 is 21.7 Å². The molecule has 0 spiro atoms. The van der Waals surface area contributed by atoms with Crippen molar-refractivity contribution in [2.24, 2.45) is 0 Å². The number of pyridine rings is 1. The molecule has 1 aliphatic rings.